The van der Waals surface area contributed by atoms with Gasteiger partial charge in [-0.05, 0) is 51.2 Å². The van der Waals surface area contributed by atoms with E-state index in [0.717, 1.165) is 52.8 Å². The molecule has 0 aromatic carbocycles. The van der Waals surface area contributed by atoms with Gasteiger partial charge in [0.2, 0.25) is 0 Å². The molecule has 1 aliphatic carbocycles. The van der Waals surface area contributed by atoms with E-state index in [9.17, 15) is 4.79 Å². The first kappa shape index (κ1) is 10.5. The summed E-state index contributed by atoms with van der Waals surface area (Å²) in [5, 5.41) is 0.774. The summed E-state index contributed by atoms with van der Waals surface area (Å²) >= 11 is 0. The van der Waals surface area contributed by atoms with Crippen molar-refractivity contribution >= 4 is 11.0 Å². The summed E-state index contributed by atoms with van der Waals surface area (Å²) in [6.07, 6.45) is 4.18. The normalized spacial score (nSPS) is 14.9. The van der Waals surface area contributed by atoms with Crippen molar-refractivity contribution < 1.29 is 0 Å². The fraction of sp³-hybridized carbons (Fsp3) is 0.429. The summed E-state index contributed by atoms with van der Waals surface area (Å²) in [7, 11) is 0. The number of H-pyrrole nitrogens is 1. The summed E-state index contributed by atoms with van der Waals surface area (Å²) < 4.78 is 0. The standard InChI is InChI=1S/C14H16N2O/c1-8-7-9(2)15-14-12(8)13(17)10-5-3-4-6-11(10)16-14/h7H,3-6H2,1-2H3,(H,15,16,17). The Morgan fingerprint density at radius 1 is 1.24 bits per heavy atom. The average molecular weight is 228 g/mol. The molecule has 0 unspecified atom stereocenters. The van der Waals surface area contributed by atoms with Crippen molar-refractivity contribution in [2.45, 2.75) is 39.5 Å². The number of aryl methyl sites for hydroxylation is 3. The van der Waals surface area contributed by atoms with E-state index in [4.69, 9.17) is 0 Å². The SMILES string of the molecule is Cc1cc(C)c2c(=O)c3c([nH]c2n1)CCCC3. The molecule has 0 saturated carbocycles. The van der Waals surface area contributed by atoms with Crippen LogP contribution in [0.1, 0.15) is 35.4 Å². The number of pyridine rings is 2. The van der Waals surface area contributed by atoms with Crippen molar-refractivity contribution in [3.05, 3.63) is 38.8 Å². The third kappa shape index (κ3) is 1.57. The van der Waals surface area contributed by atoms with E-state index < -0.39 is 0 Å². The van der Waals surface area contributed by atoms with E-state index in [1.165, 1.54) is 6.42 Å². The molecule has 0 bridgehead atoms. The van der Waals surface area contributed by atoms with Crippen LogP contribution in [0.15, 0.2) is 10.9 Å². The largest absolute Gasteiger partial charge is 0.343 e. The van der Waals surface area contributed by atoms with Crippen LogP contribution in [-0.4, -0.2) is 9.97 Å². The lowest BCUT2D eigenvalue weighted by atomic mass is 9.94. The summed E-state index contributed by atoms with van der Waals surface area (Å²) in [6.45, 7) is 3.95. The molecule has 0 aliphatic heterocycles. The Hall–Kier alpha value is -1.64. The molecule has 1 aliphatic rings. The predicted octanol–water partition coefficient (Wildman–Crippen LogP) is 2.42. The van der Waals surface area contributed by atoms with Crippen molar-refractivity contribution in [3.8, 4) is 0 Å². The highest BCUT2D eigenvalue weighted by atomic mass is 16.1. The minimum Gasteiger partial charge on any atom is -0.343 e. The second-order valence-corrected chi connectivity index (χ2v) is 4.92. The molecule has 2 aromatic rings. The van der Waals surface area contributed by atoms with Crippen LogP contribution in [0.2, 0.25) is 0 Å². The van der Waals surface area contributed by atoms with Gasteiger partial charge in [0.15, 0.2) is 5.43 Å². The minimum absolute atomic E-state index is 0.193. The maximum absolute atomic E-state index is 12.4. The molecule has 88 valence electrons. The summed E-state index contributed by atoms with van der Waals surface area (Å²) in [5.41, 5.74) is 5.03. The number of nitrogens with zero attached hydrogens (tertiary/aromatic N) is 1. The van der Waals surface area contributed by atoms with Crippen molar-refractivity contribution in [1.82, 2.24) is 9.97 Å². The first-order valence-electron chi connectivity index (χ1n) is 6.19. The molecule has 0 saturated heterocycles. The van der Waals surface area contributed by atoms with Gasteiger partial charge >= 0.3 is 0 Å². The Morgan fingerprint density at radius 3 is 2.82 bits per heavy atom. The summed E-state index contributed by atoms with van der Waals surface area (Å²) in [4.78, 5) is 20.3. The second-order valence-electron chi connectivity index (χ2n) is 4.92. The molecule has 17 heavy (non-hydrogen) atoms. The third-order valence-electron chi connectivity index (χ3n) is 3.58. The molecule has 2 heterocycles. The van der Waals surface area contributed by atoms with E-state index in [0.29, 0.717) is 0 Å². The molecule has 0 radical (unpaired) electrons. The lowest BCUT2D eigenvalue weighted by Gasteiger charge is -2.16. The number of aromatic amines is 1. The first-order chi connectivity index (χ1) is 8.16. The molecular weight excluding hydrogens is 212 g/mol. The third-order valence-corrected chi connectivity index (χ3v) is 3.58. The molecule has 1 N–H and O–H groups in total. The van der Waals surface area contributed by atoms with Gasteiger partial charge in [-0.25, -0.2) is 4.98 Å². The average Bonchev–Trinajstić information content (AvgIpc) is 2.28. The van der Waals surface area contributed by atoms with Gasteiger partial charge in [0, 0.05) is 17.0 Å². The Balaban J connectivity index is 2.44. The van der Waals surface area contributed by atoms with Gasteiger partial charge in [-0.2, -0.15) is 0 Å². The quantitative estimate of drug-likeness (QED) is 0.752. The van der Waals surface area contributed by atoms with Crippen LogP contribution >= 0.6 is 0 Å². The van der Waals surface area contributed by atoms with Crippen LogP contribution in [0.4, 0.5) is 0 Å². The first-order valence-corrected chi connectivity index (χ1v) is 6.19. The van der Waals surface area contributed by atoms with E-state index >= 15 is 0 Å². The second kappa shape index (κ2) is 3.69. The zero-order valence-electron chi connectivity index (χ0n) is 10.3. The lowest BCUT2D eigenvalue weighted by molar-refractivity contribution is 0.667. The fourth-order valence-electron chi connectivity index (χ4n) is 2.80. The summed E-state index contributed by atoms with van der Waals surface area (Å²) in [6, 6.07) is 1.98. The van der Waals surface area contributed by atoms with E-state index in [-0.39, 0.29) is 5.43 Å². The lowest BCUT2D eigenvalue weighted by Crippen LogP contribution is -2.19. The molecule has 0 spiro atoms. The summed E-state index contributed by atoms with van der Waals surface area (Å²) in [5.74, 6) is 0. The van der Waals surface area contributed by atoms with Crippen LogP contribution in [-0.2, 0) is 12.8 Å². The minimum atomic E-state index is 0.193. The molecule has 0 fully saturated rings. The molecule has 3 nitrogen and oxygen atoms in total. The Bertz CT molecular complexity index is 655. The van der Waals surface area contributed by atoms with Crippen molar-refractivity contribution in [3.63, 3.8) is 0 Å². The number of fused-ring (bicyclic) bond motifs is 2. The molecule has 3 rings (SSSR count). The highest BCUT2D eigenvalue weighted by Gasteiger charge is 2.17. The van der Waals surface area contributed by atoms with Gasteiger partial charge in [0.25, 0.3) is 0 Å². The van der Waals surface area contributed by atoms with Crippen LogP contribution < -0.4 is 5.43 Å². The Morgan fingerprint density at radius 2 is 2.00 bits per heavy atom. The van der Waals surface area contributed by atoms with Gasteiger partial charge in [-0.15, -0.1) is 0 Å². The van der Waals surface area contributed by atoms with Crippen LogP contribution in [0, 0.1) is 13.8 Å². The number of hydrogen-bond donors (Lipinski definition) is 1. The zero-order valence-corrected chi connectivity index (χ0v) is 10.3. The zero-order chi connectivity index (χ0) is 12.0. The number of aromatic nitrogens is 2. The van der Waals surface area contributed by atoms with E-state index in [2.05, 4.69) is 9.97 Å². The highest BCUT2D eigenvalue weighted by molar-refractivity contribution is 5.79. The van der Waals surface area contributed by atoms with Crippen LogP contribution in [0.3, 0.4) is 0 Å². The molecule has 0 amide bonds. The molecule has 3 heteroatoms. The Labute approximate surface area is 99.9 Å². The van der Waals surface area contributed by atoms with Gasteiger partial charge < -0.3 is 4.98 Å². The maximum Gasteiger partial charge on any atom is 0.194 e. The molecule has 0 atom stereocenters. The molecular formula is C14H16N2O. The van der Waals surface area contributed by atoms with Crippen LogP contribution in [0.25, 0.3) is 11.0 Å². The van der Waals surface area contributed by atoms with Gasteiger partial charge in [-0.3, -0.25) is 4.79 Å². The maximum atomic E-state index is 12.4. The van der Waals surface area contributed by atoms with Crippen molar-refractivity contribution in [2.75, 3.05) is 0 Å². The predicted molar refractivity (Wildman–Crippen MR) is 68.5 cm³/mol. The highest BCUT2D eigenvalue weighted by Crippen LogP contribution is 2.20. The van der Waals surface area contributed by atoms with Crippen molar-refractivity contribution in [2.24, 2.45) is 0 Å². The number of nitrogens with one attached hydrogen (secondary N) is 1. The fourth-order valence-corrected chi connectivity index (χ4v) is 2.80. The number of rotatable bonds is 0. The van der Waals surface area contributed by atoms with Crippen molar-refractivity contribution in [1.29, 1.82) is 0 Å². The van der Waals surface area contributed by atoms with E-state index in [1.807, 2.05) is 19.9 Å². The monoisotopic (exact) mass is 228 g/mol. The van der Waals surface area contributed by atoms with Gasteiger partial charge in [0.1, 0.15) is 5.65 Å². The van der Waals surface area contributed by atoms with Gasteiger partial charge in [0.05, 0.1) is 5.39 Å². The van der Waals surface area contributed by atoms with Crippen LogP contribution in [0.5, 0.6) is 0 Å². The van der Waals surface area contributed by atoms with Gasteiger partial charge in [-0.1, -0.05) is 0 Å². The van der Waals surface area contributed by atoms with E-state index in [1.54, 1.807) is 0 Å². The topological polar surface area (TPSA) is 45.8 Å². The smallest absolute Gasteiger partial charge is 0.194 e. The Kier molecular flexibility index (Phi) is 2.28. The number of hydrogen-bond acceptors (Lipinski definition) is 2. The molecule has 2 aromatic heterocycles.